The Balaban J connectivity index is 3.47. The molecule has 0 atom stereocenters. The Hall–Kier alpha value is -1.85. The Bertz CT molecular complexity index is 389. The molecule has 0 aliphatic rings. The van der Waals surface area contributed by atoms with Crippen LogP contribution in [0.2, 0.25) is 0 Å². The molecule has 0 aromatic heterocycles. The van der Waals surface area contributed by atoms with Crippen LogP contribution in [0.1, 0.15) is 10.4 Å². The Labute approximate surface area is 77.4 Å². The lowest BCUT2D eigenvalue weighted by Gasteiger charge is -2.07. The van der Waals surface area contributed by atoms with Crippen molar-refractivity contribution < 1.29 is 28.5 Å². The Morgan fingerprint density at radius 1 is 1.50 bits per heavy atom. The third kappa shape index (κ3) is 1.46. The quantitative estimate of drug-likeness (QED) is 0.763. The molecule has 0 spiro atoms. The second-order valence-electron chi connectivity index (χ2n) is 2.41. The first kappa shape index (κ1) is 10.2. The van der Waals surface area contributed by atoms with Crippen molar-refractivity contribution >= 4 is 5.97 Å². The normalized spacial score (nSPS) is 9.93. The first-order chi connectivity index (χ1) is 6.49. The zero-order valence-corrected chi connectivity index (χ0v) is 7.04. The van der Waals surface area contributed by atoms with E-state index in [0.717, 1.165) is 7.11 Å². The van der Waals surface area contributed by atoms with Gasteiger partial charge < -0.3 is 14.9 Å². The van der Waals surface area contributed by atoms with E-state index in [1.807, 2.05) is 0 Å². The van der Waals surface area contributed by atoms with E-state index in [2.05, 4.69) is 4.74 Å². The maximum absolute atomic E-state index is 13.0. The number of phenols is 1. The standard InChI is InChI=1S/C8H6F2O4/c1-14-7-4(9)2-3(8(12)13)5(10)6(7)11/h2,11H,1H3,(H,12,13). The maximum atomic E-state index is 13.0. The van der Waals surface area contributed by atoms with Gasteiger partial charge in [-0.15, -0.1) is 0 Å². The minimum atomic E-state index is -1.67. The summed E-state index contributed by atoms with van der Waals surface area (Å²) in [4.78, 5) is 10.4. The van der Waals surface area contributed by atoms with Crippen LogP contribution in [0.4, 0.5) is 8.78 Å². The number of hydrogen-bond donors (Lipinski definition) is 2. The Kier molecular flexibility index (Phi) is 2.55. The topological polar surface area (TPSA) is 66.8 Å². The lowest BCUT2D eigenvalue weighted by Crippen LogP contribution is -2.03. The van der Waals surface area contributed by atoms with Gasteiger partial charge in [0.05, 0.1) is 7.11 Å². The average Bonchev–Trinajstić information content (AvgIpc) is 2.12. The highest BCUT2D eigenvalue weighted by atomic mass is 19.1. The first-order valence-corrected chi connectivity index (χ1v) is 3.47. The van der Waals surface area contributed by atoms with E-state index in [9.17, 15) is 13.6 Å². The highest BCUT2D eigenvalue weighted by molar-refractivity contribution is 5.89. The molecule has 0 radical (unpaired) electrons. The van der Waals surface area contributed by atoms with Crippen molar-refractivity contribution in [1.82, 2.24) is 0 Å². The molecule has 6 heteroatoms. The van der Waals surface area contributed by atoms with Crippen LogP contribution in [0.5, 0.6) is 11.5 Å². The predicted molar refractivity (Wildman–Crippen MR) is 41.5 cm³/mol. The van der Waals surface area contributed by atoms with Gasteiger partial charge in [0.2, 0.25) is 0 Å². The predicted octanol–water partition coefficient (Wildman–Crippen LogP) is 1.38. The minimum absolute atomic E-state index is 0.441. The number of rotatable bonds is 2. The first-order valence-electron chi connectivity index (χ1n) is 3.47. The molecule has 4 nitrogen and oxygen atoms in total. The van der Waals surface area contributed by atoms with Gasteiger partial charge >= 0.3 is 5.97 Å². The van der Waals surface area contributed by atoms with E-state index >= 15 is 0 Å². The fourth-order valence-electron chi connectivity index (χ4n) is 0.946. The number of carbonyl (C=O) groups is 1. The summed E-state index contributed by atoms with van der Waals surface area (Å²) in [6.45, 7) is 0. The van der Waals surface area contributed by atoms with E-state index in [0.29, 0.717) is 6.07 Å². The lowest BCUT2D eigenvalue weighted by atomic mass is 10.2. The van der Waals surface area contributed by atoms with Crippen molar-refractivity contribution in [3.8, 4) is 11.5 Å². The summed E-state index contributed by atoms with van der Waals surface area (Å²) in [5.74, 6) is -6.09. The van der Waals surface area contributed by atoms with Crippen LogP contribution in [0, 0.1) is 11.6 Å². The number of hydrogen-bond acceptors (Lipinski definition) is 3. The zero-order valence-electron chi connectivity index (χ0n) is 7.04. The molecule has 0 unspecified atom stereocenters. The van der Waals surface area contributed by atoms with Crippen LogP contribution in [0.15, 0.2) is 6.07 Å². The number of methoxy groups -OCH3 is 1. The van der Waals surface area contributed by atoms with Crippen molar-refractivity contribution in [1.29, 1.82) is 0 Å². The highest BCUT2D eigenvalue weighted by Gasteiger charge is 2.22. The molecule has 0 amide bonds. The fraction of sp³-hybridized carbons (Fsp3) is 0.125. The summed E-state index contributed by atoms with van der Waals surface area (Å²) >= 11 is 0. The van der Waals surface area contributed by atoms with Gasteiger partial charge in [-0.1, -0.05) is 0 Å². The third-order valence-electron chi connectivity index (χ3n) is 1.58. The Morgan fingerprint density at radius 2 is 2.07 bits per heavy atom. The van der Waals surface area contributed by atoms with Crippen molar-refractivity contribution in [3.63, 3.8) is 0 Å². The largest absolute Gasteiger partial charge is 0.502 e. The van der Waals surface area contributed by atoms with E-state index in [4.69, 9.17) is 10.2 Å². The van der Waals surface area contributed by atoms with Crippen molar-refractivity contribution in [2.75, 3.05) is 7.11 Å². The molecule has 0 bridgehead atoms. The molecule has 1 aromatic carbocycles. The minimum Gasteiger partial charge on any atom is -0.502 e. The number of ether oxygens (including phenoxy) is 1. The van der Waals surface area contributed by atoms with Gasteiger partial charge in [0, 0.05) is 0 Å². The van der Waals surface area contributed by atoms with Gasteiger partial charge in [-0.2, -0.15) is 0 Å². The summed E-state index contributed by atoms with van der Waals surface area (Å²) in [7, 11) is 1.03. The summed E-state index contributed by atoms with van der Waals surface area (Å²) in [6.07, 6.45) is 0. The van der Waals surface area contributed by atoms with E-state index in [1.165, 1.54) is 0 Å². The van der Waals surface area contributed by atoms with Gasteiger partial charge in [0.15, 0.2) is 23.1 Å². The van der Waals surface area contributed by atoms with Crippen LogP contribution < -0.4 is 4.74 Å². The van der Waals surface area contributed by atoms with Gasteiger partial charge in [-0.25, -0.2) is 13.6 Å². The third-order valence-corrected chi connectivity index (χ3v) is 1.58. The molecule has 0 aliphatic carbocycles. The average molecular weight is 204 g/mol. The molecule has 0 saturated heterocycles. The molecular formula is C8H6F2O4. The van der Waals surface area contributed by atoms with E-state index in [1.54, 1.807) is 0 Å². The second kappa shape index (κ2) is 3.49. The number of aromatic hydroxyl groups is 1. The molecule has 1 rings (SSSR count). The number of phenolic OH excluding ortho intramolecular Hbond substituents is 1. The van der Waals surface area contributed by atoms with Gasteiger partial charge in [0.25, 0.3) is 0 Å². The fourth-order valence-corrected chi connectivity index (χ4v) is 0.946. The number of benzene rings is 1. The number of carboxylic acids is 1. The van der Waals surface area contributed by atoms with Gasteiger partial charge in [-0.05, 0) is 6.07 Å². The van der Waals surface area contributed by atoms with E-state index in [-0.39, 0.29) is 0 Å². The van der Waals surface area contributed by atoms with E-state index < -0.39 is 34.7 Å². The summed E-state index contributed by atoms with van der Waals surface area (Å²) < 4.78 is 30.3. The number of halogens is 2. The van der Waals surface area contributed by atoms with Gasteiger partial charge in [-0.3, -0.25) is 0 Å². The summed E-state index contributed by atoms with van der Waals surface area (Å²) in [5, 5.41) is 17.4. The summed E-state index contributed by atoms with van der Waals surface area (Å²) in [5.41, 5.74) is -0.944. The molecule has 2 N–H and O–H groups in total. The second-order valence-corrected chi connectivity index (χ2v) is 2.41. The smallest absolute Gasteiger partial charge is 0.338 e. The van der Waals surface area contributed by atoms with Crippen molar-refractivity contribution in [2.24, 2.45) is 0 Å². The molecule has 1 aromatic rings. The van der Waals surface area contributed by atoms with Crippen LogP contribution in [0.25, 0.3) is 0 Å². The number of carboxylic acid groups (broad SMARTS) is 1. The highest BCUT2D eigenvalue weighted by Crippen LogP contribution is 2.33. The van der Waals surface area contributed by atoms with Crippen LogP contribution in [0.3, 0.4) is 0 Å². The van der Waals surface area contributed by atoms with Crippen LogP contribution >= 0.6 is 0 Å². The number of aromatic carboxylic acids is 1. The lowest BCUT2D eigenvalue weighted by molar-refractivity contribution is 0.0690. The van der Waals surface area contributed by atoms with Crippen molar-refractivity contribution in [3.05, 3.63) is 23.3 Å². The maximum Gasteiger partial charge on any atom is 0.338 e. The molecule has 0 saturated carbocycles. The molecule has 14 heavy (non-hydrogen) atoms. The zero-order chi connectivity index (χ0) is 10.9. The Morgan fingerprint density at radius 3 is 2.50 bits per heavy atom. The summed E-state index contributed by atoms with van der Waals surface area (Å²) in [6, 6.07) is 0.441. The SMILES string of the molecule is COc1c(F)cc(C(=O)O)c(F)c1O. The monoisotopic (exact) mass is 204 g/mol. The van der Waals surface area contributed by atoms with Crippen molar-refractivity contribution in [2.45, 2.75) is 0 Å². The van der Waals surface area contributed by atoms with Crippen LogP contribution in [-0.4, -0.2) is 23.3 Å². The molecule has 76 valence electrons. The molecule has 0 heterocycles. The van der Waals surface area contributed by atoms with Crippen LogP contribution in [-0.2, 0) is 0 Å². The molecule has 0 aliphatic heterocycles. The molecule has 0 fully saturated rings. The molecular weight excluding hydrogens is 198 g/mol. The van der Waals surface area contributed by atoms with Gasteiger partial charge in [0.1, 0.15) is 5.56 Å².